The zero-order valence-electron chi connectivity index (χ0n) is 11.5. The minimum Gasteiger partial charge on any atom is -0.312 e. The van der Waals surface area contributed by atoms with Crippen LogP contribution in [0.25, 0.3) is 0 Å². The van der Waals surface area contributed by atoms with Gasteiger partial charge in [-0.3, -0.25) is 0 Å². The van der Waals surface area contributed by atoms with Gasteiger partial charge in [0, 0.05) is 35.3 Å². The lowest BCUT2D eigenvalue weighted by Gasteiger charge is -2.15. The fourth-order valence-corrected chi connectivity index (χ4v) is 4.94. The molecular weight excluding hydrogens is 312 g/mol. The fourth-order valence-electron chi connectivity index (χ4n) is 1.72. The summed E-state index contributed by atoms with van der Waals surface area (Å²) in [6, 6.07) is 5.63. The Bertz CT molecular complexity index is 632. The van der Waals surface area contributed by atoms with Gasteiger partial charge in [-0.2, -0.15) is 4.31 Å². The van der Waals surface area contributed by atoms with E-state index in [1.165, 1.54) is 15.6 Å². The molecule has 2 aromatic heterocycles. The molecule has 0 spiro atoms. The lowest BCUT2D eigenvalue weighted by Crippen LogP contribution is -2.25. The second-order valence-corrected chi connectivity index (χ2v) is 8.44. The third-order valence-electron chi connectivity index (χ3n) is 2.85. The number of hydrogen-bond donors (Lipinski definition) is 1. The van der Waals surface area contributed by atoms with Gasteiger partial charge in [0.05, 0.1) is 4.90 Å². The standard InChI is InChI=1S/C13H18N2O2S3/c1-3-14-8-12-7-13(10-19-12)20(16,17)15(2)9-11-5-4-6-18-11/h4-7,10,14H,3,8-9H2,1-2H3. The Morgan fingerprint density at radius 2 is 2.10 bits per heavy atom. The van der Waals surface area contributed by atoms with Gasteiger partial charge in [-0.25, -0.2) is 8.42 Å². The minimum absolute atomic E-state index is 0.384. The lowest BCUT2D eigenvalue weighted by atomic mass is 10.4. The van der Waals surface area contributed by atoms with E-state index in [4.69, 9.17) is 0 Å². The summed E-state index contributed by atoms with van der Waals surface area (Å²) >= 11 is 3.04. The smallest absolute Gasteiger partial charge is 0.243 e. The van der Waals surface area contributed by atoms with E-state index < -0.39 is 10.0 Å². The first kappa shape index (κ1) is 15.7. The Morgan fingerprint density at radius 1 is 1.30 bits per heavy atom. The average Bonchev–Trinajstić information content (AvgIpc) is 3.07. The van der Waals surface area contributed by atoms with E-state index in [1.807, 2.05) is 24.4 Å². The predicted molar refractivity (Wildman–Crippen MR) is 84.7 cm³/mol. The molecule has 0 atom stereocenters. The van der Waals surface area contributed by atoms with Crippen LogP contribution in [0.15, 0.2) is 33.9 Å². The molecule has 4 nitrogen and oxygen atoms in total. The summed E-state index contributed by atoms with van der Waals surface area (Å²) in [7, 11) is -1.77. The van der Waals surface area contributed by atoms with Gasteiger partial charge in [0.15, 0.2) is 0 Å². The number of sulfonamides is 1. The van der Waals surface area contributed by atoms with E-state index in [1.54, 1.807) is 29.8 Å². The summed E-state index contributed by atoms with van der Waals surface area (Å²) in [4.78, 5) is 2.46. The largest absolute Gasteiger partial charge is 0.312 e. The first-order valence-corrected chi connectivity index (χ1v) is 9.51. The van der Waals surface area contributed by atoms with Crippen LogP contribution < -0.4 is 5.32 Å². The second-order valence-electron chi connectivity index (χ2n) is 4.37. The van der Waals surface area contributed by atoms with Crippen LogP contribution in [0, 0.1) is 0 Å². The molecule has 0 aromatic carbocycles. The Morgan fingerprint density at radius 3 is 2.75 bits per heavy atom. The van der Waals surface area contributed by atoms with Crippen LogP contribution in [-0.4, -0.2) is 26.3 Å². The number of nitrogens with one attached hydrogen (secondary N) is 1. The monoisotopic (exact) mass is 330 g/mol. The second kappa shape index (κ2) is 6.82. The minimum atomic E-state index is -3.40. The maximum absolute atomic E-state index is 12.5. The van der Waals surface area contributed by atoms with Gasteiger partial charge in [0.25, 0.3) is 0 Å². The van der Waals surface area contributed by atoms with Gasteiger partial charge in [0.2, 0.25) is 10.0 Å². The molecule has 0 saturated carbocycles. The van der Waals surface area contributed by atoms with Crippen molar-refractivity contribution in [2.45, 2.75) is 24.9 Å². The highest BCUT2D eigenvalue weighted by Crippen LogP contribution is 2.23. The van der Waals surface area contributed by atoms with Gasteiger partial charge in [-0.05, 0) is 24.1 Å². The van der Waals surface area contributed by atoms with Crippen molar-refractivity contribution in [2.75, 3.05) is 13.6 Å². The Hall–Kier alpha value is -0.730. The zero-order valence-corrected chi connectivity index (χ0v) is 13.9. The molecule has 0 radical (unpaired) electrons. The first-order chi connectivity index (χ1) is 9.54. The molecule has 0 bridgehead atoms. The lowest BCUT2D eigenvalue weighted by molar-refractivity contribution is 0.470. The van der Waals surface area contributed by atoms with Crippen molar-refractivity contribution in [3.05, 3.63) is 38.7 Å². The molecule has 0 saturated heterocycles. The van der Waals surface area contributed by atoms with E-state index in [-0.39, 0.29) is 0 Å². The molecule has 2 rings (SSSR count). The van der Waals surface area contributed by atoms with Crippen molar-refractivity contribution >= 4 is 32.7 Å². The van der Waals surface area contributed by atoms with E-state index in [0.29, 0.717) is 18.0 Å². The highest BCUT2D eigenvalue weighted by molar-refractivity contribution is 7.89. The Kier molecular flexibility index (Phi) is 5.34. The van der Waals surface area contributed by atoms with Crippen molar-refractivity contribution in [1.82, 2.24) is 9.62 Å². The van der Waals surface area contributed by atoms with Crippen molar-refractivity contribution in [1.29, 1.82) is 0 Å². The first-order valence-electron chi connectivity index (χ1n) is 6.31. The maximum atomic E-state index is 12.5. The Balaban J connectivity index is 2.10. The SMILES string of the molecule is CCNCc1cc(S(=O)(=O)N(C)Cc2cccs2)cs1. The normalized spacial score (nSPS) is 12.2. The maximum Gasteiger partial charge on any atom is 0.243 e. The van der Waals surface area contributed by atoms with Crippen LogP contribution in [-0.2, 0) is 23.1 Å². The van der Waals surface area contributed by atoms with Crippen molar-refractivity contribution < 1.29 is 8.42 Å². The fraction of sp³-hybridized carbons (Fsp3) is 0.385. The molecule has 2 heterocycles. The van der Waals surface area contributed by atoms with Crippen molar-refractivity contribution in [3.8, 4) is 0 Å². The van der Waals surface area contributed by atoms with Crippen LogP contribution in [0.1, 0.15) is 16.7 Å². The quantitative estimate of drug-likeness (QED) is 0.849. The van der Waals surface area contributed by atoms with Crippen molar-refractivity contribution in [2.24, 2.45) is 0 Å². The highest BCUT2D eigenvalue weighted by atomic mass is 32.2. The topological polar surface area (TPSA) is 49.4 Å². The molecule has 0 fully saturated rings. The number of rotatable bonds is 7. The average molecular weight is 330 g/mol. The number of hydrogen-bond acceptors (Lipinski definition) is 5. The number of thiophene rings is 2. The molecule has 1 N–H and O–H groups in total. The number of nitrogens with zero attached hydrogens (tertiary/aromatic N) is 1. The van der Waals surface area contributed by atoms with Crippen molar-refractivity contribution in [3.63, 3.8) is 0 Å². The van der Waals surface area contributed by atoms with Crippen LogP contribution in [0.2, 0.25) is 0 Å². The van der Waals surface area contributed by atoms with E-state index in [9.17, 15) is 8.42 Å². The van der Waals surface area contributed by atoms with Gasteiger partial charge in [-0.1, -0.05) is 13.0 Å². The highest BCUT2D eigenvalue weighted by Gasteiger charge is 2.22. The third kappa shape index (κ3) is 3.67. The molecule has 2 aromatic rings. The van der Waals surface area contributed by atoms with Gasteiger partial charge in [0.1, 0.15) is 0 Å². The Labute approximate surface area is 128 Å². The van der Waals surface area contributed by atoms with E-state index in [2.05, 4.69) is 5.32 Å². The predicted octanol–water partition coefficient (Wildman–Crippen LogP) is 2.74. The molecule has 0 amide bonds. The summed E-state index contributed by atoms with van der Waals surface area (Å²) < 4.78 is 26.3. The van der Waals surface area contributed by atoms with E-state index in [0.717, 1.165) is 16.3 Å². The third-order valence-corrected chi connectivity index (χ3v) is 6.57. The van der Waals surface area contributed by atoms with E-state index >= 15 is 0 Å². The summed E-state index contributed by atoms with van der Waals surface area (Å²) in [6.45, 7) is 4.03. The van der Waals surface area contributed by atoms with Gasteiger partial charge >= 0.3 is 0 Å². The molecule has 7 heteroatoms. The van der Waals surface area contributed by atoms with Gasteiger partial charge in [-0.15, -0.1) is 22.7 Å². The molecule has 110 valence electrons. The molecule has 0 aliphatic carbocycles. The van der Waals surface area contributed by atoms with Gasteiger partial charge < -0.3 is 5.32 Å². The van der Waals surface area contributed by atoms with Crippen LogP contribution in [0.5, 0.6) is 0 Å². The molecule has 20 heavy (non-hydrogen) atoms. The van der Waals surface area contributed by atoms with Crippen LogP contribution >= 0.6 is 22.7 Å². The summed E-state index contributed by atoms with van der Waals surface area (Å²) in [6.07, 6.45) is 0. The van der Waals surface area contributed by atoms with Crippen LogP contribution in [0.3, 0.4) is 0 Å². The summed E-state index contributed by atoms with van der Waals surface area (Å²) in [5.74, 6) is 0. The van der Waals surface area contributed by atoms with Crippen LogP contribution in [0.4, 0.5) is 0 Å². The summed E-state index contributed by atoms with van der Waals surface area (Å²) in [5.41, 5.74) is 0. The molecular formula is C13H18N2O2S3. The molecule has 0 aliphatic heterocycles. The summed E-state index contributed by atoms with van der Waals surface area (Å²) in [5, 5.41) is 6.87. The zero-order chi connectivity index (χ0) is 14.6. The molecule has 0 unspecified atom stereocenters. The molecule has 0 aliphatic rings.